The highest BCUT2D eigenvalue weighted by atomic mass is 35.5. The van der Waals surface area contributed by atoms with Gasteiger partial charge in [0.1, 0.15) is 0 Å². The van der Waals surface area contributed by atoms with Crippen LogP contribution in [0.1, 0.15) is 51.9 Å². The number of ether oxygens (including phenoxy) is 1. The Kier molecular flexibility index (Phi) is 7.99. The number of piperidine rings is 1. The maximum absolute atomic E-state index is 12.8. The summed E-state index contributed by atoms with van der Waals surface area (Å²) < 4.78 is 5.35. The second kappa shape index (κ2) is 8.96. The van der Waals surface area contributed by atoms with Crippen molar-refractivity contribution in [2.45, 2.75) is 57.9 Å². The molecule has 0 aromatic carbocycles. The van der Waals surface area contributed by atoms with Crippen LogP contribution in [0.4, 0.5) is 0 Å². The molecule has 0 aromatic rings. The van der Waals surface area contributed by atoms with Crippen LogP contribution in [0.15, 0.2) is 0 Å². The number of carbonyl (C=O) groups is 1. The van der Waals surface area contributed by atoms with Crippen molar-refractivity contribution in [1.29, 1.82) is 0 Å². The molecule has 21 heavy (non-hydrogen) atoms. The molecule has 0 spiro atoms. The Morgan fingerprint density at radius 2 is 2.05 bits per heavy atom. The van der Waals surface area contributed by atoms with Crippen molar-refractivity contribution in [1.82, 2.24) is 10.6 Å². The van der Waals surface area contributed by atoms with Gasteiger partial charge in [0.05, 0.1) is 12.0 Å². The standard InChI is InChI=1S/C16H30N2O2.ClH/c1-3-13-5-4-6-14(11-13)18-15(19)16(12-20-2)7-9-17-10-8-16;/h13-14,17H,3-12H2,1-2H3,(H,18,19);1H. The topological polar surface area (TPSA) is 50.4 Å². The molecule has 2 atom stereocenters. The molecule has 1 amide bonds. The van der Waals surface area contributed by atoms with Crippen LogP contribution in [0.25, 0.3) is 0 Å². The molecule has 1 saturated carbocycles. The lowest BCUT2D eigenvalue weighted by Crippen LogP contribution is -2.53. The lowest BCUT2D eigenvalue weighted by molar-refractivity contribution is -0.137. The van der Waals surface area contributed by atoms with E-state index in [2.05, 4.69) is 17.6 Å². The van der Waals surface area contributed by atoms with E-state index >= 15 is 0 Å². The van der Waals surface area contributed by atoms with E-state index in [1.807, 2.05) is 0 Å². The van der Waals surface area contributed by atoms with Crippen LogP contribution in [0, 0.1) is 11.3 Å². The summed E-state index contributed by atoms with van der Waals surface area (Å²) in [5, 5.41) is 6.67. The van der Waals surface area contributed by atoms with Crippen LogP contribution in [-0.2, 0) is 9.53 Å². The van der Waals surface area contributed by atoms with E-state index in [1.165, 1.54) is 19.3 Å². The summed E-state index contributed by atoms with van der Waals surface area (Å²) in [4.78, 5) is 12.8. The molecule has 1 aliphatic heterocycles. The predicted molar refractivity (Wildman–Crippen MR) is 87.8 cm³/mol. The van der Waals surface area contributed by atoms with Gasteiger partial charge in [-0.25, -0.2) is 0 Å². The molecule has 2 aliphatic rings. The lowest BCUT2D eigenvalue weighted by atomic mass is 9.77. The van der Waals surface area contributed by atoms with Gasteiger partial charge in [-0.1, -0.05) is 26.2 Å². The van der Waals surface area contributed by atoms with E-state index in [0.717, 1.165) is 44.7 Å². The number of nitrogens with one attached hydrogen (secondary N) is 2. The van der Waals surface area contributed by atoms with Crippen LogP contribution in [0.5, 0.6) is 0 Å². The van der Waals surface area contributed by atoms with Gasteiger partial charge in [-0.2, -0.15) is 0 Å². The number of carbonyl (C=O) groups excluding carboxylic acids is 1. The largest absolute Gasteiger partial charge is 0.384 e. The van der Waals surface area contributed by atoms with Crippen LogP contribution < -0.4 is 10.6 Å². The van der Waals surface area contributed by atoms with Gasteiger partial charge < -0.3 is 15.4 Å². The highest BCUT2D eigenvalue weighted by Crippen LogP contribution is 2.31. The van der Waals surface area contributed by atoms with Crippen molar-refractivity contribution < 1.29 is 9.53 Å². The van der Waals surface area contributed by atoms with Gasteiger partial charge in [0, 0.05) is 13.2 Å². The first-order chi connectivity index (χ1) is 9.70. The molecule has 2 N–H and O–H groups in total. The SMILES string of the molecule is CCC1CCCC(NC(=O)C2(COC)CCNCC2)C1.Cl. The Morgan fingerprint density at radius 1 is 1.33 bits per heavy atom. The number of amides is 1. The first-order valence-corrected chi connectivity index (χ1v) is 8.21. The molecular formula is C16H31ClN2O2. The van der Waals surface area contributed by atoms with E-state index in [-0.39, 0.29) is 23.7 Å². The highest BCUT2D eigenvalue weighted by molar-refractivity contribution is 5.85. The molecule has 5 heteroatoms. The average molecular weight is 319 g/mol. The van der Waals surface area contributed by atoms with Crippen LogP contribution in [0.2, 0.25) is 0 Å². The number of methoxy groups -OCH3 is 1. The Hall–Kier alpha value is -0.320. The van der Waals surface area contributed by atoms with Crippen molar-refractivity contribution in [3.63, 3.8) is 0 Å². The summed E-state index contributed by atoms with van der Waals surface area (Å²) in [6.07, 6.45) is 7.89. The van der Waals surface area contributed by atoms with Crippen molar-refractivity contribution in [3.05, 3.63) is 0 Å². The third-order valence-corrected chi connectivity index (χ3v) is 5.16. The van der Waals surface area contributed by atoms with Gasteiger partial charge in [0.25, 0.3) is 0 Å². The smallest absolute Gasteiger partial charge is 0.228 e. The maximum Gasteiger partial charge on any atom is 0.228 e. The molecule has 2 rings (SSSR count). The minimum atomic E-state index is -0.306. The number of halogens is 1. The monoisotopic (exact) mass is 318 g/mol. The van der Waals surface area contributed by atoms with Crippen LogP contribution >= 0.6 is 12.4 Å². The fourth-order valence-electron chi connectivity index (χ4n) is 3.75. The fraction of sp³-hybridized carbons (Fsp3) is 0.938. The minimum Gasteiger partial charge on any atom is -0.384 e. The Balaban J connectivity index is 0.00000220. The maximum atomic E-state index is 12.8. The summed E-state index contributed by atoms with van der Waals surface area (Å²) in [5.74, 6) is 1.02. The van der Waals surface area contributed by atoms with Gasteiger partial charge in [-0.15, -0.1) is 12.4 Å². The zero-order valence-corrected chi connectivity index (χ0v) is 14.3. The van der Waals surface area contributed by atoms with E-state index < -0.39 is 0 Å². The second-order valence-electron chi connectivity index (χ2n) is 6.57. The number of hydrogen-bond acceptors (Lipinski definition) is 3. The lowest BCUT2D eigenvalue weighted by Gasteiger charge is -2.38. The van der Waals surface area contributed by atoms with Gasteiger partial charge in [-0.05, 0) is 44.7 Å². The molecule has 124 valence electrons. The molecule has 0 aromatic heterocycles. The zero-order chi connectivity index (χ0) is 14.4. The summed E-state index contributed by atoms with van der Waals surface area (Å²) in [6, 6.07) is 0.379. The summed E-state index contributed by atoms with van der Waals surface area (Å²) in [5.41, 5.74) is -0.306. The van der Waals surface area contributed by atoms with Gasteiger partial charge in [-0.3, -0.25) is 4.79 Å². The van der Waals surface area contributed by atoms with Crippen molar-refractivity contribution in [2.24, 2.45) is 11.3 Å². The van der Waals surface area contributed by atoms with Crippen molar-refractivity contribution in [3.8, 4) is 0 Å². The molecule has 2 fully saturated rings. The fourth-order valence-corrected chi connectivity index (χ4v) is 3.75. The molecular weight excluding hydrogens is 288 g/mol. The third-order valence-electron chi connectivity index (χ3n) is 5.16. The molecule has 1 saturated heterocycles. The average Bonchev–Trinajstić information content (AvgIpc) is 2.48. The third kappa shape index (κ3) is 4.83. The van der Waals surface area contributed by atoms with E-state index in [0.29, 0.717) is 12.6 Å². The molecule has 1 aliphatic carbocycles. The molecule has 4 nitrogen and oxygen atoms in total. The quantitative estimate of drug-likeness (QED) is 0.819. The normalized spacial score (nSPS) is 28.5. The summed E-state index contributed by atoms with van der Waals surface area (Å²) >= 11 is 0. The number of rotatable bonds is 5. The Labute approximate surface area is 135 Å². The predicted octanol–water partition coefficient (Wildman–Crippen LogP) is 2.51. The molecule has 2 unspecified atom stereocenters. The van der Waals surface area contributed by atoms with Crippen LogP contribution in [0.3, 0.4) is 0 Å². The van der Waals surface area contributed by atoms with Gasteiger partial charge in [0.15, 0.2) is 0 Å². The first kappa shape index (κ1) is 18.7. The van der Waals surface area contributed by atoms with Crippen molar-refractivity contribution in [2.75, 3.05) is 26.8 Å². The van der Waals surface area contributed by atoms with E-state index in [4.69, 9.17) is 4.74 Å². The number of hydrogen-bond donors (Lipinski definition) is 2. The van der Waals surface area contributed by atoms with Gasteiger partial charge >= 0.3 is 0 Å². The second-order valence-corrected chi connectivity index (χ2v) is 6.57. The minimum absolute atomic E-state index is 0. The Morgan fingerprint density at radius 3 is 2.67 bits per heavy atom. The van der Waals surface area contributed by atoms with E-state index in [1.54, 1.807) is 7.11 Å². The highest BCUT2D eigenvalue weighted by Gasteiger charge is 2.40. The van der Waals surface area contributed by atoms with E-state index in [9.17, 15) is 4.79 Å². The first-order valence-electron chi connectivity index (χ1n) is 8.21. The molecule has 1 heterocycles. The summed E-state index contributed by atoms with van der Waals surface area (Å²) in [7, 11) is 1.70. The summed E-state index contributed by atoms with van der Waals surface area (Å²) in [6.45, 7) is 4.64. The molecule has 0 radical (unpaired) electrons. The zero-order valence-electron chi connectivity index (χ0n) is 13.5. The molecule has 0 bridgehead atoms. The Bertz CT molecular complexity index is 314. The van der Waals surface area contributed by atoms with Crippen molar-refractivity contribution >= 4 is 18.3 Å². The van der Waals surface area contributed by atoms with Gasteiger partial charge in [0.2, 0.25) is 5.91 Å². The van der Waals surface area contributed by atoms with Crippen LogP contribution in [-0.4, -0.2) is 38.8 Å².